The molecule has 0 aliphatic rings. The van der Waals surface area contributed by atoms with Crippen LogP contribution in [0, 0.1) is 11.3 Å². The molecule has 30 heavy (non-hydrogen) atoms. The Morgan fingerprint density at radius 2 is 1.97 bits per heavy atom. The highest BCUT2D eigenvalue weighted by Crippen LogP contribution is 2.23. The van der Waals surface area contributed by atoms with Crippen LogP contribution in [-0.2, 0) is 0 Å². The maximum atomic E-state index is 12.3. The van der Waals surface area contributed by atoms with E-state index in [0.717, 1.165) is 17.5 Å². The van der Waals surface area contributed by atoms with Crippen molar-refractivity contribution in [2.24, 2.45) is 0 Å². The number of para-hydroxylation sites is 1. The zero-order valence-electron chi connectivity index (χ0n) is 16.5. The highest BCUT2D eigenvalue weighted by molar-refractivity contribution is 5.95. The van der Waals surface area contributed by atoms with Crippen LogP contribution in [0.3, 0.4) is 0 Å². The van der Waals surface area contributed by atoms with E-state index in [1.807, 2.05) is 61.7 Å². The first-order valence-corrected chi connectivity index (χ1v) is 9.69. The summed E-state index contributed by atoms with van der Waals surface area (Å²) in [6, 6.07) is 20.7. The highest BCUT2D eigenvalue weighted by Gasteiger charge is 2.10. The number of nitriles is 1. The molecule has 0 saturated heterocycles. The van der Waals surface area contributed by atoms with Crippen molar-refractivity contribution in [2.75, 3.05) is 11.9 Å². The Labute approximate surface area is 174 Å². The summed E-state index contributed by atoms with van der Waals surface area (Å²) in [5.41, 5.74) is 4.31. The Morgan fingerprint density at radius 1 is 1.10 bits per heavy atom. The number of aromatic nitrogens is 3. The molecule has 0 spiro atoms. The van der Waals surface area contributed by atoms with Gasteiger partial charge >= 0.3 is 0 Å². The predicted octanol–water partition coefficient (Wildman–Crippen LogP) is 4.15. The molecule has 0 bridgehead atoms. The molecule has 0 aliphatic carbocycles. The smallest absolute Gasteiger partial charge is 0.251 e. The summed E-state index contributed by atoms with van der Waals surface area (Å²) in [5, 5.41) is 19.7. The monoisotopic (exact) mass is 396 g/mol. The third kappa shape index (κ3) is 3.98. The number of hydrogen-bond acceptors (Lipinski definition) is 5. The van der Waals surface area contributed by atoms with Crippen LogP contribution in [0.1, 0.15) is 29.3 Å². The molecule has 1 amide bonds. The van der Waals surface area contributed by atoms with Crippen LogP contribution in [0.2, 0.25) is 0 Å². The number of nitrogens with one attached hydrogen (secondary N) is 2. The number of amides is 1. The number of carbonyl (C=O) groups excluding carboxylic acids is 1. The molecule has 2 aromatic heterocycles. The van der Waals surface area contributed by atoms with Crippen LogP contribution < -0.4 is 10.6 Å². The topological polar surface area (TPSA) is 95.1 Å². The maximum Gasteiger partial charge on any atom is 0.251 e. The lowest BCUT2D eigenvalue weighted by Crippen LogP contribution is -2.23. The number of rotatable bonds is 6. The van der Waals surface area contributed by atoms with Gasteiger partial charge in [0.15, 0.2) is 5.65 Å². The minimum absolute atomic E-state index is 0.0804. The Hall–Kier alpha value is -4.18. The van der Waals surface area contributed by atoms with E-state index in [1.165, 1.54) is 0 Å². The molecule has 0 unspecified atom stereocenters. The number of carbonyl (C=O) groups is 1. The first-order valence-electron chi connectivity index (χ1n) is 9.69. The largest absolute Gasteiger partial charge is 0.352 e. The molecule has 0 atom stereocenters. The van der Waals surface area contributed by atoms with Crippen molar-refractivity contribution in [2.45, 2.75) is 13.3 Å². The first-order chi connectivity index (χ1) is 14.7. The van der Waals surface area contributed by atoms with Gasteiger partial charge in [-0.2, -0.15) is 10.2 Å². The molecule has 0 fully saturated rings. The summed E-state index contributed by atoms with van der Waals surface area (Å²) >= 11 is 0. The molecular weight excluding hydrogens is 376 g/mol. The molecule has 4 aromatic rings. The molecule has 2 heterocycles. The van der Waals surface area contributed by atoms with E-state index in [2.05, 4.69) is 26.8 Å². The van der Waals surface area contributed by atoms with E-state index in [0.29, 0.717) is 35.0 Å². The second-order valence-electron chi connectivity index (χ2n) is 6.78. The Balaban J connectivity index is 1.62. The van der Waals surface area contributed by atoms with Gasteiger partial charge in [0, 0.05) is 23.9 Å². The summed E-state index contributed by atoms with van der Waals surface area (Å²) in [7, 11) is 0. The van der Waals surface area contributed by atoms with Crippen molar-refractivity contribution in [1.29, 1.82) is 5.26 Å². The summed E-state index contributed by atoms with van der Waals surface area (Å²) < 4.78 is 1.68. The number of hydrogen-bond donors (Lipinski definition) is 2. The van der Waals surface area contributed by atoms with Crippen LogP contribution in [0.25, 0.3) is 16.8 Å². The molecular formula is C23H20N6O. The van der Waals surface area contributed by atoms with Crippen molar-refractivity contribution in [3.05, 3.63) is 78.0 Å². The molecule has 7 heteroatoms. The second kappa shape index (κ2) is 8.45. The standard InChI is InChI=1S/C23H20N6O/c1-2-12-25-22(30)17-8-5-7-16(13-17)19-10-11-21-27-23(28-29(21)15-19)26-20-9-4-3-6-18(20)14-24/h3-11,13,15H,2,12H2,1H3,(H,25,30)(H,26,28). The second-order valence-corrected chi connectivity index (χ2v) is 6.78. The van der Waals surface area contributed by atoms with Crippen molar-refractivity contribution < 1.29 is 4.79 Å². The van der Waals surface area contributed by atoms with Crippen molar-refractivity contribution >= 4 is 23.2 Å². The van der Waals surface area contributed by atoms with E-state index in [1.54, 1.807) is 16.6 Å². The SMILES string of the molecule is CCCNC(=O)c1cccc(-c2ccc3nc(Nc4ccccc4C#N)nn3c2)c1. The average molecular weight is 396 g/mol. The van der Waals surface area contributed by atoms with E-state index in [4.69, 9.17) is 0 Å². The fourth-order valence-corrected chi connectivity index (χ4v) is 3.10. The van der Waals surface area contributed by atoms with E-state index >= 15 is 0 Å². The number of pyridine rings is 1. The number of nitrogens with zero attached hydrogens (tertiary/aromatic N) is 4. The molecule has 0 saturated carbocycles. The molecule has 148 valence electrons. The quantitative estimate of drug-likeness (QED) is 0.510. The Bertz CT molecular complexity index is 1250. The van der Waals surface area contributed by atoms with Crippen LogP contribution >= 0.6 is 0 Å². The molecule has 0 aliphatic heterocycles. The minimum atomic E-state index is -0.0804. The van der Waals surface area contributed by atoms with Gasteiger partial charge in [0.25, 0.3) is 5.91 Å². The molecule has 0 radical (unpaired) electrons. The Kier molecular flexibility index (Phi) is 5.39. The third-order valence-corrected chi connectivity index (χ3v) is 4.62. The summed E-state index contributed by atoms with van der Waals surface area (Å²) in [4.78, 5) is 16.7. The zero-order chi connectivity index (χ0) is 20.9. The van der Waals surface area contributed by atoms with Gasteiger partial charge in [-0.3, -0.25) is 4.79 Å². The number of benzene rings is 2. The van der Waals surface area contributed by atoms with Gasteiger partial charge in [-0.25, -0.2) is 4.52 Å². The van der Waals surface area contributed by atoms with E-state index in [-0.39, 0.29) is 5.91 Å². The lowest BCUT2D eigenvalue weighted by molar-refractivity contribution is 0.0953. The van der Waals surface area contributed by atoms with Gasteiger partial charge < -0.3 is 10.6 Å². The van der Waals surface area contributed by atoms with Crippen molar-refractivity contribution in [1.82, 2.24) is 19.9 Å². The summed E-state index contributed by atoms with van der Waals surface area (Å²) in [6.45, 7) is 2.67. The average Bonchev–Trinajstić information content (AvgIpc) is 3.19. The molecule has 2 N–H and O–H groups in total. The van der Waals surface area contributed by atoms with Crippen molar-refractivity contribution in [3.8, 4) is 17.2 Å². The predicted molar refractivity (Wildman–Crippen MR) is 115 cm³/mol. The maximum absolute atomic E-state index is 12.3. The van der Waals surface area contributed by atoms with E-state index < -0.39 is 0 Å². The minimum Gasteiger partial charge on any atom is -0.352 e. The zero-order valence-corrected chi connectivity index (χ0v) is 16.5. The van der Waals surface area contributed by atoms with Crippen LogP contribution in [0.15, 0.2) is 66.9 Å². The van der Waals surface area contributed by atoms with Crippen LogP contribution in [0.4, 0.5) is 11.6 Å². The van der Waals surface area contributed by atoms with Crippen molar-refractivity contribution in [3.63, 3.8) is 0 Å². The van der Waals surface area contributed by atoms with Gasteiger partial charge in [0.2, 0.25) is 5.95 Å². The molecule has 7 nitrogen and oxygen atoms in total. The first kappa shape index (κ1) is 19.2. The Morgan fingerprint density at radius 3 is 2.80 bits per heavy atom. The van der Waals surface area contributed by atoms with Gasteiger partial charge in [-0.1, -0.05) is 31.2 Å². The van der Waals surface area contributed by atoms with Gasteiger partial charge in [0.05, 0.1) is 11.3 Å². The third-order valence-electron chi connectivity index (χ3n) is 4.62. The lowest BCUT2D eigenvalue weighted by Gasteiger charge is -2.06. The molecule has 4 rings (SSSR count). The lowest BCUT2D eigenvalue weighted by atomic mass is 10.0. The highest BCUT2D eigenvalue weighted by atomic mass is 16.1. The fraction of sp³-hybridized carbons (Fsp3) is 0.130. The van der Waals surface area contributed by atoms with Gasteiger partial charge in [-0.15, -0.1) is 5.10 Å². The van der Waals surface area contributed by atoms with Crippen LogP contribution in [0.5, 0.6) is 0 Å². The number of anilines is 2. The fourth-order valence-electron chi connectivity index (χ4n) is 3.10. The van der Waals surface area contributed by atoms with Gasteiger partial charge in [-0.05, 0) is 48.4 Å². The molecule has 2 aromatic carbocycles. The normalized spacial score (nSPS) is 10.5. The van der Waals surface area contributed by atoms with Crippen LogP contribution in [-0.4, -0.2) is 27.0 Å². The van der Waals surface area contributed by atoms with Gasteiger partial charge in [0.1, 0.15) is 6.07 Å². The number of fused-ring (bicyclic) bond motifs is 1. The summed E-state index contributed by atoms with van der Waals surface area (Å²) in [5.74, 6) is 0.325. The van der Waals surface area contributed by atoms with E-state index in [9.17, 15) is 10.1 Å². The summed E-state index contributed by atoms with van der Waals surface area (Å²) in [6.07, 6.45) is 2.76.